The number of amides is 1. The predicted molar refractivity (Wildman–Crippen MR) is 148 cm³/mol. The van der Waals surface area contributed by atoms with E-state index in [0.717, 1.165) is 29.1 Å². The van der Waals surface area contributed by atoms with E-state index in [0.29, 0.717) is 23.6 Å². The van der Waals surface area contributed by atoms with Crippen LogP contribution in [0.2, 0.25) is 0 Å². The molecule has 1 aliphatic rings. The SMILES string of the molecule is CCCCOc1ccc(C(O)=C2C(=O)C(=O)N(c3nc(C)c(C(=O)OCC)s3)[C@H]2c2ccc([N+](=O)[O-])cc2)cc1. The van der Waals surface area contributed by atoms with Crippen molar-refractivity contribution in [2.24, 2.45) is 0 Å². The van der Waals surface area contributed by atoms with Gasteiger partial charge in [-0.05, 0) is 62.2 Å². The van der Waals surface area contributed by atoms with Crippen LogP contribution < -0.4 is 9.64 Å². The number of carbonyl (C=O) groups excluding carboxylic acids is 3. The minimum Gasteiger partial charge on any atom is -0.507 e. The highest BCUT2D eigenvalue weighted by Crippen LogP contribution is 2.44. The van der Waals surface area contributed by atoms with Crippen LogP contribution in [-0.2, 0) is 14.3 Å². The number of aliphatic hydroxyl groups excluding tert-OH is 1. The standard InChI is InChI=1S/C28H27N3O8S/c1-4-6-15-39-20-13-9-18(10-14-20)23(32)21-22(17-7-11-19(12-8-17)31(36)37)30(26(34)24(21)33)28-29-16(3)25(40-28)27(35)38-5-2/h7-14,22,32H,4-6,15H2,1-3H3/t22-/m0/s1. The quantitative estimate of drug-likeness (QED) is 0.0653. The van der Waals surface area contributed by atoms with Gasteiger partial charge in [0.2, 0.25) is 0 Å². The Morgan fingerprint density at radius 3 is 2.40 bits per heavy atom. The average molecular weight is 566 g/mol. The zero-order valence-corrected chi connectivity index (χ0v) is 22.9. The molecule has 2 aromatic carbocycles. The number of ether oxygens (including phenoxy) is 2. The summed E-state index contributed by atoms with van der Waals surface area (Å²) in [6.07, 6.45) is 1.86. The molecule has 0 spiro atoms. The first kappa shape index (κ1) is 28.4. The number of non-ortho nitro benzene ring substituents is 1. The number of carbonyl (C=O) groups is 3. The van der Waals surface area contributed by atoms with E-state index in [4.69, 9.17) is 9.47 Å². The number of rotatable bonds is 10. The second-order valence-corrected chi connectivity index (χ2v) is 9.85. The van der Waals surface area contributed by atoms with Crippen LogP contribution in [0.3, 0.4) is 0 Å². The molecule has 12 heteroatoms. The highest BCUT2D eigenvalue weighted by atomic mass is 32.1. The van der Waals surface area contributed by atoms with E-state index in [1.165, 1.54) is 24.3 Å². The Morgan fingerprint density at radius 1 is 1.12 bits per heavy atom. The zero-order valence-electron chi connectivity index (χ0n) is 22.1. The third kappa shape index (κ3) is 5.57. The molecule has 1 N–H and O–H groups in total. The molecule has 1 aliphatic heterocycles. The molecule has 0 radical (unpaired) electrons. The number of esters is 1. The van der Waals surface area contributed by atoms with E-state index in [9.17, 15) is 29.6 Å². The van der Waals surface area contributed by atoms with Gasteiger partial charge in [0.15, 0.2) is 5.13 Å². The topological polar surface area (TPSA) is 149 Å². The number of ketones is 1. The van der Waals surface area contributed by atoms with Crippen LogP contribution in [-0.4, -0.2) is 45.9 Å². The fraction of sp³-hybridized carbons (Fsp3) is 0.286. The van der Waals surface area contributed by atoms with E-state index >= 15 is 0 Å². The monoisotopic (exact) mass is 565 g/mol. The van der Waals surface area contributed by atoms with Crippen LogP contribution in [0.4, 0.5) is 10.8 Å². The maximum atomic E-state index is 13.4. The van der Waals surface area contributed by atoms with Gasteiger partial charge >= 0.3 is 11.9 Å². The molecule has 208 valence electrons. The molecular formula is C28H27N3O8S. The van der Waals surface area contributed by atoms with Crippen molar-refractivity contribution < 1.29 is 33.9 Å². The largest absolute Gasteiger partial charge is 0.507 e. The Bertz CT molecular complexity index is 1480. The smallest absolute Gasteiger partial charge is 0.350 e. The van der Waals surface area contributed by atoms with Gasteiger partial charge in [-0.15, -0.1) is 0 Å². The van der Waals surface area contributed by atoms with Gasteiger partial charge in [0.25, 0.3) is 11.5 Å². The molecule has 1 fully saturated rings. The number of anilines is 1. The molecule has 4 rings (SSSR count). The number of Topliss-reactive ketones (excluding diaryl/α,β-unsaturated/α-hetero) is 1. The molecule has 0 unspecified atom stereocenters. The van der Waals surface area contributed by atoms with Gasteiger partial charge in [0.1, 0.15) is 16.4 Å². The molecule has 1 amide bonds. The maximum absolute atomic E-state index is 13.4. The number of hydrogen-bond acceptors (Lipinski definition) is 10. The van der Waals surface area contributed by atoms with E-state index in [1.54, 1.807) is 38.1 Å². The van der Waals surface area contributed by atoms with E-state index in [1.807, 2.05) is 6.92 Å². The molecule has 40 heavy (non-hydrogen) atoms. The number of thiazole rings is 1. The van der Waals surface area contributed by atoms with Gasteiger partial charge in [-0.2, -0.15) is 0 Å². The number of hydrogen-bond donors (Lipinski definition) is 1. The molecule has 3 aromatic rings. The first-order chi connectivity index (χ1) is 19.2. The van der Waals surface area contributed by atoms with Gasteiger partial charge in [-0.3, -0.25) is 24.6 Å². The Kier molecular flexibility index (Phi) is 8.58. The molecule has 0 saturated carbocycles. The Labute approximate surface area is 233 Å². The van der Waals surface area contributed by atoms with Crippen molar-refractivity contribution >= 4 is 45.6 Å². The summed E-state index contributed by atoms with van der Waals surface area (Å²) in [5, 5.41) is 22.6. The number of aromatic nitrogens is 1. The highest BCUT2D eigenvalue weighted by molar-refractivity contribution is 7.17. The number of nitrogens with zero attached hydrogens (tertiary/aromatic N) is 3. The van der Waals surface area contributed by atoms with Crippen LogP contribution in [0.1, 0.15) is 59.2 Å². The number of unbranched alkanes of at least 4 members (excludes halogenated alkanes) is 1. The first-order valence-corrected chi connectivity index (χ1v) is 13.4. The summed E-state index contributed by atoms with van der Waals surface area (Å²) in [6, 6.07) is 10.6. The lowest BCUT2D eigenvalue weighted by Gasteiger charge is -2.23. The van der Waals surface area contributed by atoms with Gasteiger partial charge in [0, 0.05) is 17.7 Å². The maximum Gasteiger partial charge on any atom is 0.350 e. The first-order valence-electron chi connectivity index (χ1n) is 12.6. The molecule has 0 bridgehead atoms. The van der Waals surface area contributed by atoms with Crippen molar-refractivity contribution in [1.29, 1.82) is 0 Å². The summed E-state index contributed by atoms with van der Waals surface area (Å²) < 4.78 is 10.7. The molecule has 11 nitrogen and oxygen atoms in total. The summed E-state index contributed by atoms with van der Waals surface area (Å²) in [7, 11) is 0. The lowest BCUT2D eigenvalue weighted by atomic mass is 9.95. The number of nitro benzene ring substituents is 1. The predicted octanol–water partition coefficient (Wildman–Crippen LogP) is 5.34. The molecule has 2 heterocycles. The average Bonchev–Trinajstić information content (AvgIpc) is 3.45. The number of benzene rings is 2. The highest BCUT2D eigenvalue weighted by Gasteiger charge is 2.48. The van der Waals surface area contributed by atoms with Crippen molar-refractivity contribution in [3.05, 3.63) is 85.9 Å². The van der Waals surface area contributed by atoms with Crippen molar-refractivity contribution in [3.8, 4) is 5.75 Å². The lowest BCUT2D eigenvalue weighted by molar-refractivity contribution is -0.384. The molecular weight excluding hydrogens is 538 g/mol. The van der Waals surface area contributed by atoms with Crippen LogP contribution in [0.5, 0.6) is 5.75 Å². The van der Waals surface area contributed by atoms with Crippen LogP contribution in [0.15, 0.2) is 54.1 Å². The molecule has 1 atom stereocenters. The third-order valence-electron chi connectivity index (χ3n) is 6.21. The molecule has 1 saturated heterocycles. The number of aryl methyl sites for hydroxylation is 1. The second kappa shape index (κ2) is 12.1. The fourth-order valence-corrected chi connectivity index (χ4v) is 5.18. The Balaban J connectivity index is 1.82. The van der Waals surface area contributed by atoms with E-state index in [2.05, 4.69) is 4.98 Å². The fourth-order valence-electron chi connectivity index (χ4n) is 4.19. The minimum atomic E-state index is -1.16. The van der Waals surface area contributed by atoms with Gasteiger partial charge in [0.05, 0.1) is 35.4 Å². The van der Waals surface area contributed by atoms with Gasteiger partial charge < -0.3 is 14.6 Å². The summed E-state index contributed by atoms with van der Waals surface area (Å²) in [5.41, 5.74) is 0.506. The number of nitro groups is 1. The van der Waals surface area contributed by atoms with Crippen molar-refractivity contribution in [2.75, 3.05) is 18.1 Å². The minimum absolute atomic E-state index is 0.0460. The van der Waals surface area contributed by atoms with Crippen molar-refractivity contribution in [2.45, 2.75) is 39.7 Å². The van der Waals surface area contributed by atoms with Crippen molar-refractivity contribution in [3.63, 3.8) is 0 Å². The summed E-state index contributed by atoms with van der Waals surface area (Å²) in [5.74, 6) is -2.39. The summed E-state index contributed by atoms with van der Waals surface area (Å²) >= 11 is 0.876. The van der Waals surface area contributed by atoms with Crippen LogP contribution in [0.25, 0.3) is 5.76 Å². The van der Waals surface area contributed by atoms with Crippen molar-refractivity contribution in [1.82, 2.24) is 4.98 Å². The zero-order chi connectivity index (χ0) is 29.0. The van der Waals surface area contributed by atoms with Crippen LogP contribution >= 0.6 is 11.3 Å². The summed E-state index contributed by atoms with van der Waals surface area (Å²) in [4.78, 5) is 55.4. The molecule has 1 aromatic heterocycles. The Morgan fingerprint density at radius 2 is 1.80 bits per heavy atom. The van der Waals surface area contributed by atoms with E-state index in [-0.39, 0.29) is 33.4 Å². The van der Waals surface area contributed by atoms with E-state index < -0.39 is 34.4 Å². The number of aliphatic hydroxyl groups is 1. The lowest BCUT2D eigenvalue weighted by Crippen LogP contribution is -2.29. The third-order valence-corrected chi connectivity index (χ3v) is 7.35. The summed E-state index contributed by atoms with van der Waals surface area (Å²) in [6.45, 7) is 5.96. The normalized spacial score (nSPS) is 16.3. The Hall–Kier alpha value is -4.58. The molecule has 0 aliphatic carbocycles. The van der Waals surface area contributed by atoms with Gasteiger partial charge in [-0.25, -0.2) is 9.78 Å². The van der Waals surface area contributed by atoms with Gasteiger partial charge in [-0.1, -0.05) is 24.7 Å². The van der Waals surface area contributed by atoms with Crippen LogP contribution in [0, 0.1) is 17.0 Å². The second-order valence-electron chi connectivity index (χ2n) is 8.88.